The molecule has 2 nitrogen and oxygen atoms in total. The molecule has 0 radical (unpaired) electrons. The number of hydrogen-bond donors (Lipinski definition) is 1. The number of halogens is 2. The van der Waals surface area contributed by atoms with Crippen LogP contribution in [0.3, 0.4) is 0 Å². The standard InChI is InChI=1S/C16H18ClFN2/c1-19-15-7-3-4-11-8-20(10-13(11)15)9-12-5-2-6-14(18)16(12)17/h2,5-6,8,10,15,19H,3-4,7,9H2,1H3. The Morgan fingerprint density at radius 3 is 3.05 bits per heavy atom. The summed E-state index contributed by atoms with van der Waals surface area (Å²) in [5, 5.41) is 3.58. The van der Waals surface area contributed by atoms with Crippen molar-refractivity contribution in [1.82, 2.24) is 9.88 Å². The molecule has 1 heterocycles. The van der Waals surface area contributed by atoms with E-state index in [1.54, 1.807) is 6.07 Å². The summed E-state index contributed by atoms with van der Waals surface area (Å²) in [5.41, 5.74) is 3.58. The summed E-state index contributed by atoms with van der Waals surface area (Å²) in [6, 6.07) is 5.41. The van der Waals surface area contributed by atoms with E-state index >= 15 is 0 Å². The van der Waals surface area contributed by atoms with Gasteiger partial charge in [0.2, 0.25) is 0 Å². The molecule has 0 saturated carbocycles. The van der Waals surface area contributed by atoms with Crippen molar-refractivity contribution in [2.45, 2.75) is 31.8 Å². The maximum absolute atomic E-state index is 13.5. The zero-order valence-corrected chi connectivity index (χ0v) is 12.3. The van der Waals surface area contributed by atoms with Gasteiger partial charge in [-0.3, -0.25) is 0 Å². The molecule has 4 heteroatoms. The van der Waals surface area contributed by atoms with Crippen molar-refractivity contribution >= 4 is 11.6 Å². The molecule has 0 spiro atoms. The molecule has 1 aliphatic rings. The van der Waals surface area contributed by atoms with Crippen LogP contribution in [0.1, 0.15) is 35.6 Å². The fourth-order valence-corrected chi connectivity index (χ4v) is 3.19. The van der Waals surface area contributed by atoms with Gasteiger partial charge in [-0.15, -0.1) is 0 Å². The van der Waals surface area contributed by atoms with Crippen molar-refractivity contribution in [1.29, 1.82) is 0 Å². The van der Waals surface area contributed by atoms with Crippen molar-refractivity contribution in [3.05, 3.63) is 58.1 Å². The number of aromatic nitrogens is 1. The van der Waals surface area contributed by atoms with E-state index in [0.29, 0.717) is 12.6 Å². The van der Waals surface area contributed by atoms with Gasteiger partial charge in [0.1, 0.15) is 5.82 Å². The largest absolute Gasteiger partial charge is 0.349 e. The minimum atomic E-state index is -0.353. The van der Waals surface area contributed by atoms with Gasteiger partial charge in [0, 0.05) is 25.0 Å². The lowest BCUT2D eigenvalue weighted by molar-refractivity contribution is 0.498. The molecule has 0 aliphatic heterocycles. The fraction of sp³-hybridized carbons (Fsp3) is 0.375. The van der Waals surface area contributed by atoms with Crippen LogP contribution in [0.25, 0.3) is 0 Å². The van der Waals surface area contributed by atoms with E-state index in [2.05, 4.69) is 22.3 Å². The molecule has 0 saturated heterocycles. The predicted molar refractivity (Wildman–Crippen MR) is 79.7 cm³/mol. The van der Waals surface area contributed by atoms with Crippen LogP contribution in [-0.4, -0.2) is 11.6 Å². The van der Waals surface area contributed by atoms with Crippen molar-refractivity contribution in [3.63, 3.8) is 0 Å². The van der Waals surface area contributed by atoms with E-state index in [0.717, 1.165) is 12.0 Å². The van der Waals surface area contributed by atoms with Gasteiger partial charge < -0.3 is 9.88 Å². The van der Waals surface area contributed by atoms with Crippen LogP contribution in [0.5, 0.6) is 0 Å². The molecule has 1 aromatic carbocycles. The average Bonchev–Trinajstić information content (AvgIpc) is 2.86. The van der Waals surface area contributed by atoms with Crippen molar-refractivity contribution in [3.8, 4) is 0 Å². The number of nitrogens with zero attached hydrogens (tertiary/aromatic N) is 1. The first kappa shape index (κ1) is 13.7. The zero-order chi connectivity index (χ0) is 14.1. The third kappa shape index (κ3) is 2.48. The highest BCUT2D eigenvalue weighted by Gasteiger charge is 2.20. The first-order valence-electron chi connectivity index (χ1n) is 6.97. The van der Waals surface area contributed by atoms with Gasteiger partial charge in [-0.2, -0.15) is 0 Å². The molecule has 0 amide bonds. The maximum atomic E-state index is 13.5. The third-order valence-corrected chi connectivity index (χ3v) is 4.47. The molecule has 1 aliphatic carbocycles. The Balaban J connectivity index is 1.89. The molecule has 1 aromatic heterocycles. The summed E-state index contributed by atoms with van der Waals surface area (Å²) in [4.78, 5) is 0. The van der Waals surface area contributed by atoms with E-state index in [4.69, 9.17) is 11.6 Å². The summed E-state index contributed by atoms with van der Waals surface area (Å²) >= 11 is 6.03. The summed E-state index contributed by atoms with van der Waals surface area (Å²) in [6.45, 7) is 0.611. The summed E-state index contributed by atoms with van der Waals surface area (Å²) < 4.78 is 15.6. The number of aryl methyl sites for hydroxylation is 1. The molecule has 2 aromatic rings. The van der Waals surface area contributed by atoms with Crippen LogP contribution in [-0.2, 0) is 13.0 Å². The molecule has 1 atom stereocenters. The Hall–Kier alpha value is -1.32. The Labute approximate surface area is 123 Å². The minimum Gasteiger partial charge on any atom is -0.349 e. The SMILES string of the molecule is CNC1CCCc2cn(Cc3cccc(F)c3Cl)cc21. The van der Waals surface area contributed by atoms with Crippen molar-refractivity contribution in [2.75, 3.05) is 7.05 Å². The van der Waals surface area contributed by atoms with Gasteiger partial charge in [0.25, 0.3) is 0 Å². The highest BCUT2D eigenvalue weighted by atomic mass is 35.5. The number of fused-ring (bicyclic) bond motifs is 1. The van der Waals surface area contributed by atoms with Crippen molar-refractivity contribution in [2.24, 2.45) is 0 Å². The second-order valence-electron chi connectivity index (χ2n) is 5.36. The van der Waals surface area contributed by atoms with Gasteiger partial charge in [-0.1, -0.05) is 23.7 Å². The highest BCUT2D eigenvalue weighted by molar-refractivity contribution is 6.31. The second-order valence-corrected chi connectivity index (χ2v) is 5.74. The van der Waals surface area contributed by atoms with E-state index in [1.165, 1.54) is 30.0 Å². The van der Waals surface area contributed by atoms with Crippen molar-refractivity contribution < 1.29 is 4.39 Å². The Morgan fingerprint density at radius 2 is 2.25 bits per heavy atom. The van der Waals surface area contributed by atoms with Gasteiger partial charge >= 0.3 is 0 Å². The summed E-state index contributed by atoms with van der Waals surface area (Å²) in [6.07, 6.45) is 7.84. The molecule has 106 valence electrons. The highest BCUT2D eigenvalue weighted by Crippen LogP contribution is 2.31. The second kappa shape index (κ2) is 5.58. The van der Waals surface area contributed by atoms with E-state index in [9.17, 15) is 4.39 Å². The van der Waals surface area contributed by atoms with Gasteiger partial charge in [0.05, 0.1) is 5.02 Å². The van der Waals surface area contributed by atoms with Gasteiger partial charge in [-0.25, -0.2) is 4.39 Å². The van der Waals surface area contributed by atoms with E-state index < -0.39 is 0 Å². The fourth-order valence-electron chi connectivity index (χ4n) is 3.01. The van der Waals surface area contributed by atoms with E-state index in [1.807, 2.05) is 13.1 Å². The van der Waals surface area contributed by atoms with Crippen LogP contribution in [0.2, 0.25) is 5.02 Å². The number of nitrogens with one attached hydrogen (secondary N) is 1. The lowest BCUT2D eigenvalue weighted by Gasteiger charge is -2.21. The Bertz CT molecular complexity index is 621. The molecule has 0 fully saturated rings. The quantitative estimate of drug-likeness (QED) is 0.907. The van der Waals surface area contributed by atoms with Crippen LogP contribution >= 0.6 is 11.6 Å². The molecule has 20 heavy (non-hydrogen) atoms. The molecule has 1 N–H and O–H groups in total. The first-order chi connectivity index (χ1) is 9.69. The molecule has 3 rings (SSSR count). The van der Waals surface area contributed by atoms with Crippen LogP contribution in [0.15, 0.2) is 30.6 Å². The molecule has 1 unspecified atom stereocenters. The lowest BCUT2D eigenvalue weighted by Crippen LogP contribution is -2.20. The van der Waals surface area contributed by atoms with Gasteiger partial charge in [-0.05, 0) is 49.1 Å². The number of hydrogen-bond acceptors (Lipinski definition) is 1. The first-order valence-corrected chi connectivity index (χ1v) is 7.35. The Kier molecular flexibility index (Phi) is 3.81. The lowest BCUT2D eigenvalue weighted by atomic mass is 9.91. The zero-order valence-electron chi connectivity index (χ0n) is 11.5. The van der Waals surface area contributed by atoms with Crippen LogP contribution in [0, 0.1) is 5.82 Å². The predicted octanol–water partition coefficient (Wildman–Crippen LogP) is 3.93. The van der Waals surface area contributed by atoms with Gasteiger partial charge in [0.15, 0.2) is 0 Å². The summed E-state index contributed by atoms with van der Waals surface area (Å²) in [5.74, 6) is -0.353. The minimum absolute atomic E-state index is 0.226. The molecular formula is C16H18ClFN2. The monoisotopic (exact) mass is 292 g/mol. The average molecular weight is 293 g/mol. The Morgan fingerprint density at radius 1 is 1.40 bits per heavy atom. The van der Waals surface area contributed by atoms with Crippen LogP contribution < -0.4 is 5.32 Å². The maximum Gasteiger partial charge on any atom is 0.142 e. The molecular weight excluding hydrogens is 275 g/mol. The smallest absolute Gasteiger partial charge is 0.142 e. The normalized spacial score (nSPS) is 18.1. The number of benzene rings is 1. The van der Waals surface area contributed by atoms with E-state index in [-0.39, 0.29) is 10.8 Å². The summed E-state index contributed by atoms with van der Waals surface area (Å²) in [7, 11) is 2.00. The number of rotatable bonds is 3. The molecule has 0 bridgehead atoms. The topological polar surface area (TPSA) is 17.0 Å². The third-order valence-electron chi connectivity index (χ3n) is 4.04. The van der Waals surface area contributed by atoms with Crippen LogP contribution in [0.4, 0.5) is 4.39 Å².